The van der Waals surface area contributed by atoms with Crippen molar-refractivity contribution in [2.45, 2.75) is 11.4 Å². The van der Waals surface area contributed by atoms with Crippen molar-refractivity contribution in [2.24, 2.45) is 0 Å². The average molecular weight is 530 g/mol. The number of anilines is 1. The summed E-state index contributed by atoms with van der Waals surface area (Å²) in [5.41, 5.74) is 1.07. The molecule has 0 aliphatic rings. The maximum atomic E-state index is 12.6. The van der Waals surface area contributed by atoms with Gasteiger partial charge < -0.3 is 14.8 Å². The summed E-state index contributed by atoms with van der Waals surface area (Å²) in [7, 11) is -2.36. The van der Waals surface area contributed by atoms with Gasteiger partial charge in [-0.15, -0.1) is 0 Å². The van der Waals surface area contributed by atoms with Crippen LogP contribution in [0.3, 0.4) is 0 Å². The second-order valence-electron chi connectivity index (χ2n) is 6.73. The SMILES string of the molecule is COc1ccc(NS(=O)(=O)c2ccc(OCC(=O)NCc3ccc(Cl)cc3Cl)c(Cl)c2)cc1. The van der Waals surface area contributed by atoms with Crippen molar-refractivity contribution in [3.8, 4) is 11.5 Å². The number of methoxy groups -OCH3 is 1. The zero-order chi connectivity index (χ0) is 24.0. The Morgan fingerprint density at radius 1 is 0.939 bits per heavy atom. The number of carbonyl (C=O) groups is 1. The third kappa shape index (κ3) is 6.91. The minimum atomic E-state index is -3.88. The minimum Gasteiger partial charge on any atom is -0.497 e. The molecule has 0 fully saturated rings. The van der Waals surface area contributed by atoms with E-state index in [0.29, 0.717) is 27.0 Å². The lowest BCUT2D eigenvalue weighted by Gasteiger charge is -2.12. The molecule has 3 rings (SSSR count). The first kappa shape index (κ1) is 25.0. The molecule has 3 aromatic carbocycles. The lowest BCUT2D eigenvalue weighted by molar-refractivity contribution is -0.123. The van der Waals surface area contributed by atoms with Crippen LogP contribution in [0, 0.1) is 0 Å². The summed E-state index contributed by atoms with van der Waals surface area (Å²) in [5.74, 6) is 0.359. The van der Waals surface area contributed by atoms with Crippen molar-refractivity contribution in [1.29, 1.82) is 0 Å². The first-order valence-corrected chi connectivity index (χ1v) is 12.1. The maximum Gasteiger partial charge on any atom is 0.261 e. The third-order valence-electron chi connectivity index (χ3n) is 4.41. The van der Waals surface area contributed by atoms with Crippen LogP contribution in [0.1, 0.15) is 5.56 Å². The molecule has 7 nitrogen and oxygen atoms in total. The van der Waals surface area contributed by atoms with Crippen molar-refractivity contribution in [3.05, 3.63) is 81.3 Å². The predicted molar refractivity (Wildman–Crippen MR) is 129 cm³/mol. The number of hydrogen-bond donors (Lipinski definition) is 2. The highest BCUT2D eigenvalue weighted by atomic mass is 35.5. The second-order valence-corrected chi connectivity index (χ2v) is 9.66. The zero-order valence-electron chi connectivity index (χ0n) is 17.3. The molecule has 2 N–H and O–H groups in total. The molecule has 1 amide bonds. The Morgan fingerprint density at radius 2 is 1.67 bits per heavy atom. The molecule has 0 saturated carbocycles. The minimum absolute atomic E-state index is 0.0427. The van der Waals surface area contributed by atoms with Gasteiger partial charge in [0.05, 0.1) is 17.0 Å². The predicted octanol–water partition coefficient (Wildman–Crippen LogP) is 5.15. The summed E-state index contributed by atoms with van der Waals surface area (Å²) in [4.78, 5) is 12.0. The number of ether oxygens (including phenoxy) is 2. The standard InChI is InChI=1S/C22H19Cl3N2O5S/c1-31-17-6-4-16(5-7-17)27-33(29,30)18-8-9-21(20(25)11-18)32-13-22(28)26-12-14-2-3-15(23)10-19(14)24/h2-11,27H,12-13H2,1H3,(H,26,28). The van der Waals surface area contributed by atoms with E-state index in [1.54, 1.807) is 42.5 Å². The monoisotopic (exact) mass is 528 g/mol. The Labute approximate surface area is 206 Å². The number of hydrogen-bond acceptors (Lipinski definition) is 5. The Morgan fingerprint density at radius 3 is 2.30 bits per heavy atom. The van der Waals surface area contributed by atoms with Gasteiger partial charge in [-0.05, 0) is 60.2 Å². The van der Waals surface area contributed by atoms with Gasteiger partial charge in [0.2, 0.25) is 0 Å². The van der Waals surface area contributed by atoms with Crippen molar-refractivity contribution in [1.82, 2.24) is 5.32 Å². The van der Waals surface area contributed by atoms with Crippen molar-refractivity contribution < 1.29 is 22.7 Å². The molecule has 3 aromatic rings. The molecule has 0 saturated heterocycles. The summed E-state index contributed by atoms with van der Waals surface area (Å²) in [6.45, 7) is -0.124. The van der Waals surface area contributed by atoms with Crippen LogP contribution in [0.5, 0.6) is 11.5 Å². The number of nitrogens with one attached hydrogen (secondary N) is 2. The number of carbonyl (C=O) groups excluding carboxylic acids is 1. The summed E-state index contributed by atoms with van der Waals surface area (Å²) in [6, 6.07) is 15.3. The summed E-state index contributed by atoms with van der Waals surface area (Å²) in [5, 5.41) is 3.65. The third-order valence-corrected chi connectivity index (χ3v) is 6.67. The summed E-state index contributed by atoms with van der Waals surface area (Å²) >= 11 is 18.1. The van der Waals surface area contributed by atoms with Crippen molar-refractivity contribution in [3.63, 3.8) is 0 Å². The average Bonchev–Trinajstić information content (AvgIpc) is 2.78. The number of rotatable bonds is 9. The first-order chi connectivity index (χ1) is 15.7. The lowest BCUT2D eigenvalue weighted by atomic mass is 10.2. The van der Waals surface area contributed by atoms with Gasteiger partial charge >= 0.3 is 0 Å². The Balaban J connectivity index is 1.58. The lowest BCUT2D eigenvalue weighted by Crippen LogP contribution is -2.28. The quantitative estimate of drug-likeness (QED) is 0.400. The van der Waals surface area contributed by atoms with Crippen molar-refractivity contribution >= 4 is 56.4 Å². The van der Waals surface area contributed by atoms with Gasteiger partial charge in [0.1, 0.15) is 11.5 Å². The highest BCUT2D eigenvalue weighted by molar-refractivity contribution is 7.92. The van der Waals surface area contributed by atoms with Gasteiger partial charge in [0.15, 0.2) is 6.61 Å². The van der Waals surface area contributed by atoms with E-state index in [9.17, 15) is 13.2 Å². The smallest absolute Gasteiger partial charge is 0.261 e. The van der Waals surface area contributed by atoms with E-state index in [4.69, 9.17) is 44.3 Å². The second kappa shape index (κ2) is 11.0. The fourth-order valence-corrected chi connectivity index (χ4v) is 4.55. The van der Waals surface area contributed by atoms with E-state index >= 15 is 0 Å². The van der Waals surface area contributed by atoms with Gasteiger partial charge in [0.25, 0.3) is 15.9 Å². The number of benzene rings is 3. The van der Waals surface area contributed by atoms with E-state index in [-0.39, 0.29) is 28.8 Å². The first-order valence-electron chi connectivity index (χ1n) is 9.48. The molecule has 0 aliphatic carbocycles. The van der Waals surface area contributed by atoms with E-state index in [2.05, 4.69) is 10.0 Å². The van der Waals surface area contributed by atoms with E-state index < -0.39 is 15.9 Å². The van der Waals surface area contributed by atoms with Gasteiger partial charge in [0, 0.05) is 22.3 Å². The fourth-order valence-electron chi connectivity index (χ4n) is 2.69. The highest BCUT2D eigenvalue weighted by Gasteiger charge is 2.17. The number of halogens is 3. The molecule has 0 radical (unpaired) electrons. The molecule has 0 unspecified atom stereocenters. The van der Waals surface area contributed by atoms with Crippen LogP contribution in [0.2, 0.25) is 15.1 Å². The molecule has 0 bridgehead atoms. The summed E-state index contributed by atoms with van der Waals surface area (Å²) < 4.78 is 38.2. The Hall–Kier alpha value is -2.65. The molecule has 0 spiro atoms. The van der Waals surface area contributed by atoms with Gasteiger partial charge in [-0.25, -0.2) is 8.42 Å². The Bertz CT molecular complexity index is 1250. The van der Waals surface area contributed by atoms with E-state index in [1.165, 1.54) is 25.3 Å². The molecular formula is C22H19Cl3N2O5S. The maximum absolute atomic E-state index is 12.6. The van der Waals surface area contributed by atoms with Crippen LogP contribution in [-0.2, 0) is 21.4 Å². The summed E-state index contributed by atoms with van der Waals surface area (Å²) in [6.07, 6.45) is 0. The van der Waals surface area contributed by atoms with Crippen LogP contribution < -0.4 is 19.5 Å². The highest BCUT2D eigenvalue weighted by Crippen LogP contribution is 2.28. The molecule has 0 heterocycles. The van der Waals surface area contributed by atoms with Crippen LogP contribution >= 0.6 is 34.8 Å². The van der Waals surface area contributed by atoms with Gasteiger partial charge in [-0.2, -0.15) is 0 Å². The number of amides is 1. The molecule has 174 valence electrons. The van der Waals surface area contributed by atoms with Crippen molar-refractivity contribution in [2.75, 3.05) is 18.4 Å². The van der Waals surface area contributed by atoms with Crippen LogP contribution in [0.4, 0.5) is 5.69 Å². The van der Waals surface area contributed by atoms with Gasteiger partial charge in [-0.3, -0.25) is 9.52 Å². The molecule has 0 aromatic heterocycles. The Kier molecular flexibility index (Phi) is 8.31. The largest absolute Gasteiger partial charge is 0.497 e. The molecule has 0 atom stereocenters. The van der Waals surface area contributed by atoms with Gasteiger partial charge in [-0.1, -0.05) is 40.9 Å². The number of sulfonamides is 1. The zero-order valence-corrected chi connectivity index (χ0v) is 20.4. The normalized spacial score (nSPS) is 11.0. The molecule has 11 heteroatoms. The molecule has 33 heavy (non-hydrogen) atoms. The van der Waals surface area contributed by atoms with Crippen LogP contribution in [0.15, 0.2) is 65.6 Å². The fraction of sp³-hybridized carbons (Fsp3) is 0.136. The van der Waals surface area contributed by atoms with Crippen LogP contribution in [-0.4, -0.2) is 28.0 Å². The van der Waals surface area contributed by atoms with E-state index in [1.807, 2.05) is 0 Å². The topological polar surface area (TPSA) is 93.7 Å². The molecule has 0 aliphatic heterocycles. The molecular weight excluding hydrogens is 511 g/mol. The van der Waals surface area contributed by atoms with E-state index in [0.717, 1.165) is 0 Å². The van der Waals surface area contributed by atoms with Crippen LogP contribution in [0.25, 0.3) is 0 Å².